The smallest absolute Gasteiger partial charge is 0.255 e. The van der Waals surface area contributed by atoms with E-state index in [1.165, 1.54) is 31.2 Å². The van der Waals surface area contributed by atoms with Crippen molar-refractivity contribution in [2.45, 2.75) is 69.7 Å². The van der Waals surface area contributed by atoms with E-state index < -0.39 is 6.04 Å². The molecule has 4 aliphatic rings. The standard InChI is InChI=1S/C22H28N4O3/c27-20-9-8-19(21(28)24-20)26-13-18-14(3-1-5-17(18)22(26)29)11-25(16-6-7-16)12-15-4-2-10-23-15/h1,3,5,15-16,19,23H,2,4,6-13H2,(H,24,27,28). The van der Waals surface area contributed by atoms with Gasteiger partial charge in [-0.1, -0.05) is 12.1 Å². The van der Waals surface area contributed by atoms with Gasteiger partial charge in [0.15, 0.2) is 0 Å². The number of benzene rings is 1. The fourth-order valence-electron chi connectivity index (χ4n) is 4.99. The zero-order valence-corrected chi connectivity index (χ0v) is 16.7. The number of hydrogen-bond donors (Lipinski definition) is 2. The van der Waals surface area contributed by atoms with E-state index in [0.29, 0.717) is 30.6 Å². The molecule has 2 unspecified atom stereocenters. The van der Waals surface area contributed by atoms with Gasteiger partial charge in [-0.15, -0.1) is 0 Å². The molecule has 1 aliphatic carbocycles. The van der Waals surface area contributed by atoms with Crippen LogP contribution in [-0.2, 0) is 22.7 Å². The molecule has 2 N–H and O–H groups in total. The number of hydrogen-bond acceptors (Lipinski definition) is 5. The highest BCUT2D eigenvalue weighted by Gasteiger charge is 2.40. The van der Waals surface area contributed by atoms with Crippen LogP contribution in [0.4, 0.5) is 0 Å². The predicted octanol–water partition coefficient (Wildman–Crippen LogP) is 1.16. The first-order valence-corrected chi connectivity index (χ1v) is 10.8. The summed E-state index contributed by atoms with van der Waals surface area (Å²) < 4.78 is 0. The van der Waals surface area contributed by atoms with Gasteiger partial charge in [0.25, 0.3) is 5.91 Å². The molecule has 0 bridgehead atoms. The molecular formula is C22H28N4O3. The summed E-state index contributed by atoms with van der Waals surface area (Å²) in [6, 6.07) is 6.61. The Labute approximate surface area is 170 Å². The van der Waals surface area contributed by atoms with Crippen LogP contribution in [-0.4, -0.2) is 58.7 Å². The van der Waals surface area contributed by atoms with Crippen molar-refractivity contribution in [2.24, 2.45) is 0 Å². The van der Waals surface area contributed by atoms with Crippen molar-refractivity contribution in [3.05, 3.63) is 34.9 Å². The fraction of sp³-hybridized carbons (Fsp3) is 0.591. The Morgan fingerprint density at radius 2 is 1.97 bits per heavy atom. The zero-order chi connectivity index (χ0) is 20.0. The molecule has 3 aliphatic heterocycles. The van der Waals surface area contributed by atoms with Gasteiger partial charge < -0.3 is 10.2 Å². The van der Waals surface area contributed by atoms with E-state index >= 15 is 0 Å². The third-order valence-electron chi connectivity index (χ3n) is 6.73. The summed E-state index contributed by atoms with van der Waals surface area (Å²) in [4.78, 5) is 41.0. The Morgan fingerprint density at radius 3 is 2.69 bits per heavy atom. The second-order valence-corrected chi connectivity index (χ2v) is 8.80. The first-order chi connectivity index (χ1) is 14.1. The van der Waals surface area contributed by atoms with Crippen LogP contribution in [0.1, 0.15) is 60.0 Å². The molecule has 2 saturated heterocycles. The number of fused-ring (bicyclic) bond motifs is 1. The summed E-state index contributed by atoms with van der Waals surface area (Å²) in [5.41, 5.74) is 2.95. The molecular weight excluding hydrogens is 368 g/mol. The normalized spacial score (nSPS) is 26.9. The minimum absolute atomic E-state index is 0.0909. The van der Waals surface area contributed by atoms with E-state index in [9.17, 15) is 14.4 Å². The lowest BCUT2D eigenvalue weighted by atomic mass is 10.0. The fourth-order valence-corrected chi connectivity index (χ4v) is 4.99. The summed E-state index contributed by atoms with van der Waals surface area (Å²) in [5.74, 6) is -0.695. The number of nitrogens with zero attached hydrogens (tertiary/aromatic N) is 2. The van der Waals surface area contributed by atoms with Crippen LogP contribution in [0.5, 0.6) is 0 Å². The lowest BCUT2D eigenvalue weighted by molar-refractivity contribution is -0.136. The van der Waals surface area contributed by atoms with Crippen molar-refractivity contribution in [1.29, 1.82) is 0 Å². The van der Waals surface area contributed by atoms with Gasteiger partial charge in [-0.05, 0) is 55.8 Å². The molecule has 1 aromatic rings. The molecule has 3 fully saturated rings. The quantitative estimate of drug-likeness (QED) is 0.706. The maximum absolute atomic E-state index is 13.0. The number of imide groups is 1. The first-order valence-electron chi connectivity index (χ1n) is 10.8. The van der Waals surface area contributed by atoms with E-state index in [1.807, 2.05) is 12.1 Å². The van der Waals surface area contributed by atoms with Crippen molar-refractivity contribution >= 4 is 17.7 Å². The average molecular weight is 396 g/mol. The van der Waals surface area contributed by atoms with Crippen molar-refractivity contribution in [3.8, 4) is 0 Å². The minimum Gasteiger partial charge on any atom is -0.322 e. The minimum atomic E-state index is -0.553. The monoisotopic (exact) mass is 396 g/mol. The van der Waals surface area contributed by atoms with Crippen LogP contribution in [0, 0.1) is 0 Å². The highest BCUT2D eigenvalue weighted by Crippen LogP contribution is 2.33. The molecule has 0 radical (unpaired) electrons. The summed E-state index contributed by atoms with van der Waals surface area (Å²) in [7, 11) is 0. The van der Waals surface area contributed by atoms with Gasteiger partial charge in [0.05, 0.1) is 0 Å². The molecule has 154 valence electrons. The number of nitrogens with one attached hydrogen (secondary N) is 2. The largest absolute Gasteiger partial charge is 0.322 e. The van der Waals surface area contributed by atoms with Crippen molar-refractivity contribution in [1.82, 2.24) is 20.4 Å². The molecule has 1 saturated carbocycles. The van der Waals surface area contributed by atoms with Gasteiger partial charge in [0.1, 0.15) is 6.04 Å². The van der Waals surface area contributed by atoms with E-state index in [0.717, 1.165) is 25.2 Å². The van der Waals surface area contributed by atoms with Crippen LogP contribution >= 0.6 is 0 Å². The molecule has 0 aromatic heterocycles. The number of rotatable bonds is 6. The van der Waals surface area contributed by atoms with Gasteiger partial charge >= 0.3 is 0 Å². The van der Waals surface area contributed by atoms with Crippen LogP contribution in [0.15, 0.2) is 18.2 Å². The van der Waals surface area contributed by atoms with Gasteiger partial charge in [-0.2, -0.15) is 0 Å². The Bertz CT molecular complexity index is 844. The predicted molar refractivity (Wildman–Crippen MR) is 107 cm³/mol. The van der Waals surface area contributed by atoms with Crippen LogP contribution in [0.2, 0.25) is 0 Å². The molecule has 3 amide bonds. The third-order valence-corrected chi connectivity index (χ3v) is 6.73. The van der Waals surface area contributed by atoms with Gasteiger partial charge in [-0.25, -0.2) is 0 Å². The van der Waals surface area contributed by atoms with Crippen molar-refractivity contribution in [3.63, 3.8) is 0 Å². The number of amides is 3. The van der Waals surface area contributed by atoms with Crippen molar-refractivity contribution in [2.75, 3.05) is 13.1 Å². The summed E-state index contributed by atoms with van der Waals surface area (Å²) in [6.07, 6.45) is 5.68. The molecule has 2 atom stereocenters. The highest BCUT2D eigenvalue weighted by atomic mass is 16.2. The molecule has 7 nitrogen and oxygen atoms in total. The van der Waals surface area contributed by atoms with E-state index in [1.54, 1.807) is 4.90 Å². The van der Waals surface area contributed by atoms with E-state index in [2.05, 4.69) is 21.6 Å². The molecule has 5 rings (SSSR count). The van der Waals surface area contributed by atoms with E-state index in [-0.39, 0.29) is 24.1 Å². The van der Waals surface area contributed by atoms with Crippen LogP contribution < -0.4 is 10.6 Å². The molecule has 1 aromatic carbocycles. The molecule has 29 heavy (non-hydrogen) atoms. The Balaban J connectivity index is 1.34. The molecule has 0 spiro atoms. The van der Waals surface area contributed by atoms with Crippen molar-refractivity contribution < 1.29 is 14.4 Å². The second-order valence-electron chi connectivity index (χ2n) is 8.80. The maximum atomic E-state index is 13.0. The lowest BCUT2D eigenvalue weighted by Gasteiger charge is -2.29. The second kappa shape index (κ2) is 7.54. The van der Waals surface area contributed by atoms with Crippen LogP contribution in [0.25, 0.3) is 0 Å². The Hall–Kier alpha value is -2.25. The summed E-state index contributed by atoms with van der Waals surface area (Å²) in [6.45, 7) is 3.47. The average Bonchev–Trinajstić information content (AvgIpc) is 3.33. The van der Waals surface area contributed by atoms with E-state index in [4.69, 9.17) is 0 Å². The maximum Gasteiger partial charge on any atom is 0.255 e. The SMILES string of the molecule is O=C1CCC(N2Cc3c(CN(CC4CCCN4)C4CC4)cccc3C2=O)C(=O)N1. The van der Waals surface area contributed by atoms with Crippen LogP contribution in [0.3, 0.4) is 0 Å². The third kappa shape index (κ3) is 3.69. The highest BCUT2D eigenvalue weighted by molar-refractivity contribution is 6.05. The first kappa shape index (κ1) is 18.8. The summed E-state index contributed by atoms with van der Waals surface area (Å²) >= 11 is 0. The van der Waals surface area contributed by atoms with Gasteiger partial charge in [0.2, 0.25) is 11.8 Å². The number of piperidine rings is 1. The van der Waals surface area contributed by atoms with Gasteiger partial charge in [-0.3, -0.25) is 24.6 Å². The molecule has 3 heterocycles. The summed E-state index contributed by atoms with van der Waals surface area (Å²) in [5, 5.41) is 5.97. The Morgan fingerprint density at radius 1 is 1.10 bits per heavy atom. The molecule has 7 heteroatoms. The topological polar surface area (TPSA) is 81.8 Å². The van der Waals surface area contributed by atoms with Gasteiger partial charge in [0, 0.05) is 43.7 Å². The number of carbonyl (C=O) groups excluding carboxylic acids is 3. The zero-order valence-electron chi connectivity index (χ0n) is 16.7. The Kier molecular flexibility index (Phi) is 4.87. The lowest BCUT2D eigenvalue weighted by Crippen LogP contribution is -2.52. The number of carbonyl (C=O) groups is 3.